The van der Waals surface area contributed by atoms with Gasteiger partial charge in [-0.3, -0.25) is 4.79 Å². The van der Waals surface area contributed by atoms with Crippen LogP contribution in [0.2, 0.25) is 0 Å². The molecule has 2 aromatic rings. The van der Waals surface area contributed by atoms with Crippen molar-refractivity contribution >= 4 is 34.8 Å². The number of amides is 1. The van der Waals surface area contributed by atoms with Crippen molar-refractivity contribution in [3.05, 3.63) is 23.0 Å². The average Bonchev–Trinajstić information content (AvgIpc) is 2.68. The highest BCUT2D eigenvalue weighted by Gasteiger charge is 2.08. The Bertz CT molecular complexity index is 634. The zero-order valence-corrected chi connectivity index (χ0v) is 11.4. The van der Waals surface area contributed by atoms with Crippen LogP contribution in [-0.2, 0) is 4.79 Å². The van der Waals surface area contributed by atoms with Gasteiger partial charge >= 0.3 is 0 Å². The Morgan fingerprint density at radius 3 is 2.89 bits per heavy atom. The molecule has 0 aliphatic carbocycles. The third kappa shape index (κ3) is 3.63. The van der Waals surface area contributed by atoms with Crippen LogP contribution in [0.15, 0.2) is 18.2 Å². The van der Waals surface area contributed by atoms with Crippen molar-refractivity contribution in [2.75, 3.05) is 18.4 Å². The number of carbonyl (C=O) groups is 1. The molecule has 19 heavy (non-hydrogen) atoms. The minimum absolute atomic E-state index is 0.0466. The lowest BCUT2D eigenvalue weighted by Gasteiger charge is -2.13. The number of carbonyl (C=O) groups excluding carboxylic acids is 1. The van der Waals surface area contributed by atoms with Crippen LogP contribution in [0, 0.1) is 4.77 Å². The van der Waals surface area contributed by atoms with Crippen LogP contribution in [-0.4, -0.2) is 39.2 Å². The fraction of sp³-hybridized carbons (Fsp3) is 0.333. The molecule has 1 aromatic carbocycles. The highest BCUT2D eigenvalue weighted by atomic mass is 32.1. The molecule has 0 aliphatic heterocycles. The highest BCUT2D eigenvalue weighted by molar-refractivity contribution is 7.71. The first-order chi connectivity index (χ1) is 9.08. The molecular formula is C12H16N4O2S. The molecule has 0 radical (unpaired) electrons. The third-order valence-electron chi connectivity index (χ3n) is 2.61. The van der Waals surface area contributed by atoms with Gasteiger partial charge < -0.3 is 20.5 Å². The Morgan fingerprint density at radius 1 is 1.42 bits per heavy atom. The van der Waals surface area contributed by atoms with Crippen LogP contribution < -0.4 is 5.32 Å². The number of imidazole rings is 1. The molecule has 6 nitrogen and oxygen atoms in total. The normalized spacial score (nSPS) is 11.1. The lowest BCUT2D eigenvalue weighted by atomic mass is 10.2. The summed E-state index contributed by atoms with van der Waals surface area (Å²) >= 11 is 4.99. The Kier molecular flexibility index (Phi) is 4.31. The zero-order chi connectivity index (χ0) is 13.8. The molecule has 0 fully saturated rings. The van der Waals surface area contributed by atoms with Crippen molar-refractivity contribution in [1.82, 2.24) is 15.0 Å². The molecule has 0 saturated heterocycles. The van der Waals surface area contributed by atoms with Crippen LogP contribution in [0.3, 0.4) is 0 Å². The fourth-order valence-electron chi connectivity index (χ4n) is 1.81. The number of H-pyrrole nitrogens is 2. The van der Waals surface area contributed by atoms with Gasteiger partial charge in [0.1, 0.15) is 6.54 Å². The van der Waals surface area contributed by atoms with Gasteiger partial charge in [-0.05, 0) is 36.8 Å². The maximum atomic E-state index is 11.7. The number of nitrogens with zero attached hydrogens (tertiary/aromatic N) is 1. The highest BCUT2D eigenvalue weighted by Crippen LogP contribution is 2.16. The van der Waals surface area contributed by atoms with E-state index < -0.39 is 0 Å². The molecule has 1 heterocycles. The van der Waals surface area contributed by atoms with E-state index in [1.807, 2.05) is 13.0 Å². The van der Waals surface area contributed by atoms with Gasteiger partial charge in [-0.15, -0.1) is 0 Å². The SMILES string of the molecule is CCCN(O)CC(=O)Nc1ccc2[nH]c(=S)[nH]c2c1. The minimum Gasteiger partial charge on any atom is -0.331 e. The lowest BCUT2D eigenvalue weighted by molar-refractivity contribution is -0.133. The van der Waals surface area contributed by atoms with E-state index in [0.717, 1.165) is 22.5 Å². The van der Waals surface area contributed by atoms with Crippen molar-refractivity contribution in [1.29, 1.82) is 0 Å². The largest absolute Gasteiger partial charge is 0.331 e. The van der Waals surface area contributed by atoms with Crippen molar-refractivity contribution in [3.63, 3.8) is 0 Å². The van der Waals surface area contributed by atoms with E-state index in [9.17, 15) is 10.0 Å². The molecule has 0 atom stereocenters. The van der Waals surface area contributed by atoms with Crippen molar-refractivity contribution in [2.24, 2.45) is 0 Å². The van der Waals surface area contributed by atoms with Crippen molar-refractivity contribution < 1.29 is 10.0 Å². The average molecular weight is 280 g/mol. The van der Waals surface area contributed by atoms with Crippen LogP contribution in [0.1, 0.15) is 13.3 Å². The predicted octanol–water partition coefficient (Wildman–Crippen LogP) is 2.27. The summed E-state index contributed by atoms with van der Waals surface area (Å²) in [6, 6.07) is 5.40. The van der Waals surface area contributed by atoms with E-state index in [2.05, 4.69) is 15.3 Å². The quantitative estimate of drug-likeness (QED) is 0.500. The summed E-state index contributed by atoms with van der Waals surface area (Å²) in [5, 5.41) is 13.1. The maximum absolute atomic E-state index is 11.7. The summed E-state index contributed by atoms with van der Waals surface area (Å²) in [5.41, 5.74) is 2.38. The summed E-state index contributed by atoms with van der Waals surface area (Å²) in [4.78, 5) is 17.7. The molecule has 7 heteroatoms. The Hall–Kier alpha value is -1.70. The second-order valence-corrected chi connectivity index (χ2v) is 4.68. The summed E-state index contributed by atoms with van der Waals surface area (Å²) in [5.74, 6) is -0.260. The molecular weight excluding hydrogens is 264 g/mol. The number of fused-ring (bicyclic) bond motifs is 1. The van der Waals surface area contributed by atoms with E-state index in [-0.39, 0.29) is 12.5 Å². The monoisotopic (exact) mass is 280 g/mol. The van der Waals surface area contributed by atoms with E-state index in [1.54, 1.807) is 12.1 Å². The number of nitrogens with one attached hydrogen (secondary N) is 3. The number of hydrogen-bond acceptors (Lipinski definition) is 4. The van der Waals surface area contributed by atoms with Gasteiger partial charge in [-0.25, -0.2) is 0 Å². The summed E-state index contributed by atoms with van der Waals surface area (Å²) < 4.78 is 0.544. The second kappa shape index (κ2) is 5.96. The predicted molar refractivity (Wildman–Crippen MR) is 75.8 cm³/mol. The van der Waals surface area contributed by atoms with E-state index in [1.165, 1.54) is 0 Å². The minimum atomic E-state index is -0.260. The Balaban J connectivity index is 2.04. The first-order valence-electron chi connectivity index (χ1n) is 6.04. The standard InChI is InChI=1S/C12H16N4O2S/c1-2-5-16(18)7-11(17)13-8-3-4-9-10(6-8)15-12(19)14-9/h3-4,6,18H,2,5,7H2,1H3,(H,13,17)(H2,14,15,19). The maximum Gasteiger partial charge on any atom is 0.240 e. The van der Waals surface area contributed by atoms with Gasteiger partial charge in [0.2, 0.25) is 5.91 Å². The smallest absolute Gasteiger partial charge is 0.240 e. The molecule has 1 aromatic heterocycles. The molecule has 2 rings (SSSR count). The third-order valence-corrected chi connectivity index (χ3v) is 2.81. The van der Waals surface area contributed by atoms with Crippen LogP contribution in [0.5, 0.6) is 0 Å². The molecule has 0 aliphatic rings. The number of hydrogen-bond donors (Lipinski definition) is 4. The van der Waals surface area contributed by atoms with E-state index in [0.29, 0.717) is 17.0 Å². The molecule has 1 amide bonds. The molecule has 4 N–H and O–H groups in total. The molecule has 0 saturated carbocycles. The Labute approximate surface area is 115 Å². The van der Waals surface area contributed by atoms with Crippen molar-refractivity contribution in [3.8, 4) is 0 Å². The first kappa shape index (κ1) is 13.7. The first-order valence-corrected chi connectivity index (χ1v) is 6.45. The Morgan fingerprint density at radius 2 is 2.16 bits per heavy atom. The van der Waals surface area contributed by atoms with Gasteiger partial charge in [-0.2, -0.15) is 5.06 Å². The van der Waals surface area contributed by atoms with Crippen LogP contribution in [0.25, 0.3) is 11.0 Å². The zero-order valence-electron chi connectivity index (χ0n) is 10.6. The topological polar surface area (TPSA) is 84.2 Å². The molecule has 102 valence electrons. The van der Waals surface area contributed by atoms with Gasteiger partial charge in [0.05, 0.1) is 11.0 Å². The molecule has 0 unspecified atom stereocenters. The van der Waals surface area contributed by atoms with Crippen LogP contribution in [0.4, 0.5) is 5.69 Å². The fourth-order valence-corrected chi connectivity index (χ4v) is 2.03. The number of aromatic nitrogens is 2. The number of rotatable bonds is 5. The molecule has 0 spiro atoms. The van der Waals surface area contributed by atoms with Gasteiger partial charge in [-0.1, -0.05) is 6.92 Å². The lowest BCUT2D eigenvalue weighted by Crippen LogP contribution is -2.31. The summed E-state index contributed by atoms with van der Waals surface area (Å²) in [6.45, 7) is 2.36. The van der Waals surface area contributed by atoms with Crippen molar-refractivity contribution in [2.45, 2.75) is 13.3 Å². The number of benzene rings is 1. The second-order valence-electron chi connectivity index (χ2n) is 4.28. The number of hydroxylamine groups is 2. The summed E-state index contributed by atoms with van der Waals surface area (Å²) in [6.07, 6.45) is 0.787. The van der Waals surface area contributed by atoms with Gasteiger partial charge in [0, 0.05) is 12.2 Å². The number of anilines is 1. The van der Waals surface area contributed by atoms with Gasteiger partial charge in [0.15, 0.2) is 4.77 Å². The summed E-state index contributed by atoms with van der Waals surface area (Å²) in [7, 11) is 0. The van der Waals surface area contributed by atoms with E-state index in [4.69, 9.17) is 12.2 Å². The van der Waals surface area contributed by atoms with E-state index >= 15 is 0 Å². The molecule has 0 bridgehead atoms. The van der Waals surface area contributed by atoms with Crippen LogP contribution >= 0.6 is 12.2 Å². The number of aromatic amines is 2. The van der Waals surface area contributed by atoms with Gasteiger partial charge in [0.25, 0.3) is 0 Å².